The third-order valence-electron chi connectivity index (χ3n) is 5.76. The monoisotopic (exact) mass is 288 g/mol. The molecule has 0 spiro atoms. The van der Waals surface area contributed by atoms with Gasteiger partial charge in [-0.25, -0.2) is 0 Å². The first-order valence-electron chi connectivity index (χ1n) is 8.40. The summed E-state index contributed by atoms with van der Waals surface area (Å²) in [5.41, 5.74) is 0. The van der Waals surface area contributed by atoms with Crippen molar-refractivity contribution in [3.05, 3.63) is 0 Å². The zero-order valence-corrected chi connectivity index (χ0v) is 12.5. The Morgan fingerprint density at radius 3 is 2.48 bits per heavy atom. The topological polar surface area (TPSA) is 70.0 Å². The molecule has 0 aromatic rings. The molecule has 4 nitrogen and oxygen atoms in total. The maximum atomic E-state index is 12.3. The van der Waals surface area contributed by atoms with Crippen molar-refractivity contribution in [1.29, 1.82) is 5.26 Å². The van der Waals surface area contributed by atoms with Crippen LogP contribution in [-0.2, 0) is 9.59 Å². The van der Waals surface area contributed by atoms with Crippen molar-refractivity contribution in [2.75, 3.05) is 0 Å². The summed E-state index contributed by atoms with van der Waals surface area (Å²) in [6, 6.07) is 2.10. The first-order valence-corrected chi connectivity index (χ1v) is 8.40. The second-order valence-electron chi connectivity index (χ2n) is 7.16. The smallest absolute Gasteiger partial charge is 0.245 e. The van der Waals surface area contributed by atoms with Gasteiger partial charge in [-0.05, 0) is 49.9 Å². The molecule has 1 N–H and O–H groups in total. The van der Waals surface area contributed by atoms with Gasteiger partial charge in [0.1, 0.15) is 0 Å². The number of ketones is 1. The van der Waals surface area contributed by atoms with E-state index in [1.54, 1.807) is 0 Å². The Hall–Kier alpha value is -1.37. The van der Waals surface area contributed by atoms with Crippen LogP contribution in [-0.4, -0.2) is 17.7 Å². The van der Waals surface area contributed by atoms with Crippen molar-refractivity contribution in [3.63, 3.8) is 0 Å². The van der Waals surface area contributed by atoms with Crippen LogP contribution < -0.4 is 5.32 Å². The lowest BCUT2D eigenvalue weighted by Crippen LogP contribution is -2.40. The van der Waals surface area contributed by atoms with Crippen LogP contribution in [0.3, 0.4) is 0 Å². The van der Waals surface area contributed by atoms with E-state index in [-0.39, 0.29) is 17.7 Å². The predicted molar refractivity (Wildman–Crippen MR) is 78.1 cm³/mol. The van der Waals surface area contributed by atoms with Gasteiger partial charge in [-0.2, -0.15) is 5.26 Å². The molecule has 0 radical (unpaired) electrons. The van der Waals surface area contributed by atoms with Crippen LogP contribution in [0.5, 0.6) is 0 Å². The number of Topliss-reactive ketones (excluding diaryl/α,β-unsaturated/α-hetero) is 1. The summed E-state index contributed by atoms with van der Waals surface area (Å²) in [7, 11) is 0. The van der Waals surface area contributed by atoms with Crippen molar-refractivity contribution < 1.29 is 9.59 Å². The average molecular weight is 288 g/mol. The SMILES string of the molecule is N#C[C@@H](C(=O)C[C@H]1C[C@H]2CC[C@H]1C2)C(=O)NC1CCCC1. The number of carbonyl (C=O) groups is 2. The lowest BCUT2D eigenvalue weighted by molar-refractivity contribution is -0.132. The number of carbonyl (C=O) groups excluding carboxylic acids is 2. The van der Waals surface area contributed by atoms with Gasteiger partial charge in [-0.3, -0.25) is 9.59 Å². The highest BCUT2D eigenvalue weighted by molar-refractivity contribution is 6.04. The zero-order valence-electron chi connectivity index (χ0n) is 12.5. The molecule has 0 aromatic carbocycles. The normalized spacial score (nSPS) is 32.8. The molecule has 3 aliphatic rings. The highest BCUT2D eigenvalue weighted by atomic mass is 16.2. The lowest BCUT2D eigenvalue weighted by Gasteiger charge is -2.22. The average Bonchev–Trinajstić information content (AvgIpc) is 3.16. The van der Waals surface area contributed by atoms with Crippen molar-refractivity contribution in [2.45, 2.75) is 63.8 Å². The summed E-state index contributed by atoms with van der Waals surface area (Å²) in [5, 5.41) is 12.1. The molecule has 3 fully saturated rings. The minimum atomic E-state index is -1.09. The summed E-state index contributed by atoms with van der Waals surface area (Å²) in [5.74, 6) is 0.260. The first kappa shape index (κ1) is 14.6. The number of hydrogen-bond donors (Lipinski definition) is 1. The van der Waals surface area contributed by atoms with Gasteiger partial charge >= 0.3 is 0 Å². The number of amides is 1. The van der Waals surface area contributed by atoms with E-state index >= 15 is 0 Å². The van der Waals surface area contributed by atoms with Crippen molar-refractivity contribution in [3.8, 4) is 6.07 Å². The Bertz CT molecular complexity index is 462. The Balaban J connectivity index is 1.53. The molecule has 4 heteroatoms. The minimum absolute atomic E-state index is 0.162. The molecular formula is C17H24N2O2. The molecular weight excluding hydrogens is 264 g/mol. The van der Waals surface area contributed by atoms with Crippen LogP contribution in [0.2, 0.25) is 0 Å². The number of fused-ring (bicyclic) bond motifs is 2. The van der Waals surface area contributed by atoms with Crippen LogP contribution in [0, 0.1) is 35.0 Å². The molecule has 0 unspecified atom stereocenters. The third-order valence-corrected chi connectivity index (χ3v) is 5.76. The fourth-order valence-electron chi connectivity index (χ4n) is 4.63. The first-order chi connectivity index (χ1) is 10.2. The molecule has 114 valence electrons. The fourth-order valence-corrected chi connectivity index (χ4v) is 4.63. The van der Waals surface area contributed by atoms with Crippen molar-refractivity contribution >= 4 is 11.7 Å². The number of nitrogens with zero attached hydrogens (tertiary/aromatic N) is 1. The van der Waals surface area contributed by atoms with Crippen LogP contribution in [0.4, 0.5) is 0 Å². The molecule has 4 atom stereocenters. The molecule has 0 heterocycles. The Morgan fingerprint density at radius 1 is 1.14 bits per heavy atom. The van der Waals surface area contributed by atoms with E-state index in [0.29, 0.717) is 18.3 Å². The van der Waals surface area contributed by atoms with Crippen LogP contribution in [0.25, 0.3) is 0 Å². The molecule has 1 amide bonds. The third kappa shape index (κ3) is 3.12. The van der Waals surface area contributed by atoms with Gasteiger partial charge in [0.2, 0.25) is 5.91 Å². The van der Waals surface area contributed by atoms with Gasteiger partial charge in [-0.15, -0.1) is 0 Å². The number of nitriles is 1. The predicted octanol–water partition coefficient (Wildman–Crippen LogP) is 2.58. The molecule has 3 saturated carbocycles. The Morgan fingerprint density at radius 2 is 1.90 bits per heavy atom. The fraction of sp³-hybridized carbons (Fsp3) is 0.824. The van der Waals surface area contributed by atoms with Crippen LogP contribution >= 0.6 is 0 Å². The quantitative estimate of drug-likeness (QED) is 0.790. The van der Waals surface area contributed by atoms with E-state index < -0.39 is 5.92 Å². The van der Waals surface area contributed by atoms with Gasteiger partial charge in [0.15, 0.2) is 11.7 Å². The van der Waals surface area contributed by atoms with Crippen LogP contribution in [0.15, 0.2) is 0 Å². The zero-order chi connectivity index (χ0) is 14.8. The van der Waals surface area contributed by atoms with E-state index in [9.17, 15) is 14.9 Å². The standard InChI is InChI=1S/C17H24N2O2/c18-10-15(17(21)19-14-3-1-2-4-14)16(20)9-13-8-11-5-6-12(13)7-11/h11-15H,1-9H2,(H,19,21)/t11-,12-,13+,15-/m0/s1. The Labute approximate surface area is 126 Å². The Kier molecular flexibility index (Phi) is 4.28. The maximum Gasteiger partial charge on any atom is 0.245 e. The summed E-state index contributed by atoms with van der Waals surface area (Å²) in [6.45, 7) is 0. The summed E-state index contributed by atoms with van der Waals surface area (Å²) in [4.78, 5) is 24.5. The number of rotatable bonds is 5. The number of nitrogens with one attached hydrogen (secondary N) is 1. The van der Waals surface area contributed by atoms with E-state index in [4.69, 9.17) is 0 Å². The molecule has 3 rings (SSSR count). The van der Waals surface area contributed by atoms with E-state index in [1.807, 2.05) is 6.07 Å². The molecule has 2 bridgehead atoms. The van der Waals surface area contributed by atoms with Crippen molar-refractivity contribution in [2.24, 2.45) is 23.7 Å². The van der Waals surface area contributed by atoms with Gasteiger partial charge in [-0.1, -0.05) is 19.3 Å². The summed E-state index contributed by atoms with van der Waals surface area (Å²) in [6.07, 6.45) is 9.55. The summed E-state index contributed by atoms with van der Waals surface area (Å²) >= 11 is 0. The lowest BCUT2D eigenvalue weighted by atomic mass is 9.83. The molecule has 3 aliphatic carbocycles. The molecule has 21 heavy (non-hydrogen) atoms. The van der Waals surface area contributed by atoms with E-state index in [1.165, 1.54) is 19.3 Å². The van der Waals surface area contributed by atoms with E-state index in [2.05, 4.69) is 5.32 Å². The van der Waals surface area contributed by atoms with Gasteiger partial charge in [0.05, 0.1) is 6.07 Å². The molecule has 0 aliphatic heterocycles. The van der Waals surface area contributed by atoms with Gasteiger partial charge in [0.25, 0.3) is 0 Å². The largest absolute Gasteiger partial charge is 0.352 e. The van der Waals surface area contributed by atoms with E-state index in [0.717, 1.165) is 38.0 Å². The van der Waals surface area contributed by atoms with Crippen molar-refractivity contribution in [1.82, 2.24) is 5.32 Å². The van der Waals surface area contributed by atoms with Gasteiger partial charge < -0.3 is 5.32 Å². The summed E-state index contributed by atoms with van der Waals surface area (Å²) < 4.78 is 0. The number of hydrogen-bond acceptors (Lipinski definition) is 3. The highest BCUT2D eigenvalue weighted by Crippen LogP contribution is 2.49. The maximum absolute atomic E-state index is 12.3. The molecule has 0 saturated heterocycles. The van der Waals surface area contributed by atoms with Gasteiger partial charge in [0, 0.05) is 12.5 Å². The second-order valence-corrected chi connectivity index (χ2v) is 7.16. The molecule has 0 aromatic heterocycles. The highest BCUT2D eigenvalue weighted by Gasteiger charge is 2.41. The van der Waals surface area contributed by atoms with Crippen LogP contribution in [0.1, 0.15) is 57.8 Å². The minimum Gasteiger partial charge on any atom is -0.352 e. The second kappa shape index (κ2) is 6.17.